The van der Waals surface area contributed by atoms with Crippen molar-refractivity contribution in [2.45, 2.75) is 6.92 Å². The van der Waals surface area contributed by atoms with Crippen LogP contribution in [0, 0.1) is 6.92 Å². The molecule has 1 N–H and O–H groups in total. The van der Waals surface area contributed by atoms with Crippen molar-refractivity contribution in [3.05, 3.63) is 66.2 Å². The van der Waals surface area contributed by atoms with Gasteiger partial charge in [0.2, 0.25) is 0 Å². The molecular formula is C21H22N4O2. The summed E-state index contributed by atoms with van der Waals surface area (Å²) < 4.78 is 5.33. The van der Waals surface area contributed by atoms with E-state index in [1.54, 1.807) is 6.07 Å². The second kappa shape index (κ2) is 7.53. The van der Waals surface area contributed by atoms with Crippen molar-refractivity contribution in [3.63, 3.8) is 0 Å². The zero-order valence-corrected chi connectivity index (χ0v) is 15.3. The highest BCUT2D eigenvalue weighted by atomic mass is 16.5. The second-order valence-electron chi connectivity index (χ2n) is 6.69. The topological polar surface area (TPSA) is 61.6 Å². The van der Waals surface area contributed by atoms with Gasteiger partial charge in [-0.25, -0.2) is 4.79 Å². The smallest absolute Gasteiger partial charge is 0.323 e. The standard InChI is InChI=1S/C21H22N4O2/c1-16-6-5-9-18(14-16)24-10-12-25(13-11-24)21(26)22-20-15-19(27-23-20)17-7-3-2-4-8-17/h2-9,14-15H,10-13H2,1H3,(H,22,23,26). The molecule has 1 fully saturated rings. The van der Waals surface area contributed by atoms with Gasteiger partial charge in [0.1, 0.15) is 0 Å². The number of anilines is 2. The van der Waals surface area contributed by atoms with Gasteiger partial charge in [-0.2, -0.15) is 0 Å². The predicted molar refractivity (Wildman–Crippen MR) is 106 cm³/mol. The minimum atomic E-state index is -0.146. The zero-order chi connectivity index (χ0) is 18.6. The molecule has 27 heavy (non-hydrogen) atoms. The molecule has 1 aromatic heterocycles. The summed E-state index contributed by atoms with van der Waals surface area (Å²) in [4.78, 5) is 16.6. The van der Waals surface area contributed by atoms with Gasteiger partial charge in [-0.1, -0.05) is 47.6 Å². The summed E-state index contributed by atoms with van der Waals surface area (Å²) in [5.41, 5.74) is 3.38. The normalized spacial score (nSPS) is 14.3. The molecule has 0 saturated carbocycles. The maximum atomic E-state index is 12.5. The summed E-state index contributed by atoms with van der Waals surface area (Å²) in [6.45, 7) is 5.05. The highest BCUT2D eigenvalue weighted by molar-refractivity contribution is 5.89. The van der Waals surface area contributed by atoms with Gasteiger partial charge >= 0.3 is 6.03 Å². The lowest BCUT2D eigenvalue weighted by Crippen LogP contribution is -2.50. The molecule has 4 rings (SSSR count). The quantitative estimate of drug-likeness (QED) is 0.765. The average molecular weight is 362 g/mol. The fourth-order valence-electron chi connectivity index (χ4n) is 3.25. The van der Waals surface area contributed by atoms with Crippen molar-refractivity contribution in [1.82, 2.24) is 10.1 Å². The van der Waals surface area contributed by atoms with E-state index < -0.39 is 0 Å². The van der Waals surface area contributed by atoms with Crippen LogP contribution in [0.5, 0.6) is 0 Å². The molecule has 2 amide bonds. The monoisotopic (exact) mass is 362 g/mol. The summed E-state index contributed by atoms with van der Waals surface area (Å²) in [7, 11) is 0. The number of nitrogens with one attached hydrogen (secondary N) is 1. The highest BCUT2D eigenvalue weighted by Gasteiger charge is 2.22. The first-order valence-electron chi connectivity index (χ1n) is 9.09. The Kier molecular flexibility index (Phi) is 4.78. The van der Waals surface area contributed by atoms with Gasteiger partial charge in [0.05, 0.1) is 0 Å². The van der Waals surface area contributed by atoms with Crippen molar-refractivity contribution in [3.8, 4) is 11.3 Å². The highest BCUT2D eigenvalue weighted by Crippen LogP contribution is 2.22. The maximum Gasteiger partial charge on any atom is 0.323 e. The number of carbonyl (C=O) groups is 1. The lowest BCUT2D eigenvalue weighted by molar-refractivity contribution is 0.208. The summed E-state index contributed by atoms with van der Waals surface area (Å²) in [5, 5.41) is 6.78. The Hall–Kier alpha value is -3.28. The fraction of sp³-hybridized carbons (Fsp3) is 0.238. The molecule has 0 radical (unpaired) electrons. The lowest BCUT2D eigenvalue weighted by atomic mass is 10.2. The van der Waals surface area contributed by atoms with Crippen LogP contribution in [-0.2, 0) is 0 Å². The minimum Gasteiger partial charge on any atom is -0.368 e. The van der Waals surface area contributed by atoms with Crippen LogP contribution in [-0.4, -0.2) is 42.3 Å². The number of nitrogens with zero attached hydrogens (tertiary/aromatic N) is 3. The first kappa shape index (κ1) is 17.1. The Morgan fingerprint density at radius 3 is 2.52 bits per heavy atom. The van der Waals surface area contributed by atoms with Gasteiger partial charge in [-0.15, -0.1) is 0 Å². The second-order valence-corrected chi connectivity index (χ2v) is 6.69. The van der Waals surface area contributed by atoms with Gasteiger partial charge in [0.15, 0.2) is 11.6 Å². The van der Waals surface area contributed by atoms with E-state index in [2.05, 4.69) is 46.6 Å². The molecule has 3 aromatic rings. The number of hydrogen-bond acceptors (Lipinski definition) is 4. The SMILES string of the molecule is Cc1cccc(N2CCN(C(=O)Nc3cc(-c4ccccc4)on3)CC2)c1. The third kappa shape index (κ3) is 3.95. The molecule has 0 atom stereocenters. The largest absolute Gasteiger partial charge is 0.368 e. The Labute approximate surface area is 158 Å². The molecular weight excluding hydrogens is 340 g/mol. The fourth-order valence-corrected chi connectivity index (χ4v) is 3.25. The number of urea groups is 1. The number of aryl methyl sites for hydroxylation is 1. The number of amides is 2. The first-order valence-corrected chi connectivity index (χ1v) is 9.09. The molecule has 0 unspecified atom stereocenters. The molecule has 0 bridgehead atoms. The molecule has 6 heteroatoms. The van der Waals surface area contributed by atoms with Crippen molar-refractivity contribution in [1.29, 1.82) is 0 Å². The lowest BCUT2D eigenvalue weighted by Gasteiger charge is -2.36. The Bertz CT molecular complexity index is 915. The van der Waals surface area contributed by atoms with Gasteiger partial charge < -0.3 is 14.3 Å². The van der Waals surface area contributed by atoms with Crippen LogP contribution in [0.2, 0.25) is 0 Å². The molecule has 1 aliphatic heterocycles. The van der Waals surface area contributed by atoms with Crippen molar-refractivity contribution in [2.75, 3.05) is 36.4 Å². The Morgan fingerprint density at radius 1 is 1.00 bits per heavy atom. The third-order valence-electron chi connectivity index (χ3n) is 4.74. The van der Waals surface area contributed by atoms with E-state index in [1.807, 2.05) is 35.2 Å². The number of rotatable bonds is 3. The summed E-state index contributed by atoms with van der Waals surface area (Å²) in [6, 6.07) is 19.7. The van der Waals surface area contributed by atoms with Crippen molar-refractivity contribution < 1.29 is 9.32 Å². The number of carbonyl (C=O) groups excluding carboxylic acids is 1. The van der Waals surface area contributed by atoms with Crippen LogP contribution in [0.15, 0.2) is 65.2 Å². The Balaban J connectivity index is 1.34. The minimum absolute atomic E-state index is 0.146. The van der Waals surface area contributed by atoms with E-state index in [9.17, 15) is 4.79 Å². The van der Waals surface area contributed by atoms with E-state index in [0.29, 0.717) is 24.7 Å². The molecule has 2 heterocycles. The summed E-state index contributed by atoms with van der Waals surface area (Å²) >= 11 is 0. The predicted octanol–water partition coefficient (Wildman–Crippen LogP) is 4.00. The number of hydrogen-bond donors (Lipinski definition) is 1. The van der Waals surface area contributed by atoms with E-state index in [4.69, 9.17) is 4.52 Å². The number of aromatic nitrogens is 1. The Morgan fingerprint density at radius 2 is 1.78 bits per heavy atom. The number of piperazine rings is 1. The molecule has 0 spiro atoms. The molecule has 138 valence electrons. The van der Waals surface area contributed by atoms with Gasteiger partial charge in [0, 0.05) is 43.5 Å². The summed E-state index contributed by atoms with van der Waals surface area (Å²) in [5.74, 6) is 1.06. The summed E-state index contributed by atoms with van der Waals surface area (Å²) in [6.07, 6.45) is 0. The molecule has 2 aromatic carbocycles. The van der Waals surface area contributed by atoms with Crippen molar-refractivity contribution >= 4 is 17.5 Å². The van der Waals surface area contributed by atoms with E-state index >= 15 is 0 Å². The number of benzene rings is 2. The zero-order valence-electron chi connectivity index (χ0n) is 15.3. The third-order valence-corrected chi connectivity index (χ3v) is 4.74. The van der Waals surface area contributed by atoms with Crippen LogP contribution in [0.4, 0.5) is 16.3 Å². The first-order chi connectivity index (χ1) is 13.2. The molecule has 0 aliphatic carbocycles. The van der Waals surface area contributed by atoms with Crippen LogP contribution >= 0.6 is 0 Å². The van der Waals surface area contributed by atoms with Gasteiger partial charge in [-0.05, 0) is 24.6 Å². The average Bonchev–Trinajstić information content (AvgIpc) is 3.17. The van der Waals surface area contributed by atoms with Gasteiger partial charge in [0.25, 0.3) is 0 Å². The van der Waals surface area contributed by atoms with Crippen LogP contribution in [0.3, 0.4) is 0 Å². The van der Waals surface area contributed by atoms with E-state index in [1.165, 1.54) is 11.3 Å². The van der Waals surface area contributed by atoms with E-state index in [0.717, 1.165) is 18.7 Å². The van der Waals surface area contributed by atoms with Crippen LogP contribution in [0.25, 0.3) is 11.3 Å². The van der Waals surface area contributed by atoms with Crippen molar-refractivity contribution in [2.24, 2.45) is 0 Å². The molecule has 6 nitrogen and oxygen atoms in total. The van der Waals surface area contributed by atoms with E-state index in [-0.39, 0.29) is 6.03 Å². The molecule has 1 aliphatic rings. The van der Waals surface area contributed by atoms with Gasteiger partial charge in [-0.3, -0.25) is 5.32 Å². The maximum absolute atomic E-state index is 12.5. The van der Waals surface area contributed by atoms with Crippen LogP contribution < -0.4 is 10.2 Å². The van der Waals surface area contributed by atoms with Crippen LogP contribution in [0.1, 0.15) is 5.56 Å². The molecule has 1 saturated heterocycles.